The zero-order valence-electron chi connectivity index (χ0n) is 13.5. The monoisotopic (exact) mass is 300 g/mol. The molecule has 0 aliphatic heterocycles. The third-order valence-electron chi connectivity index (χ3n) is 5.41. The number of hydrogen-bond acceptors (Lipinski definition) is 2. The number of Topliss-reactive ketones (excluding diaryl/α,β-unsaturated/α-hetero) is 1. The molecule has 0 radical (unpaired) electrons. The summed E-state index contributed by atoms with van der Waals surface area (Å²) in [6, 6.07) is 10.4. The van der Waals surface area contributed by atoms with Gasteiger partial charge in [0.2, 0.25) is 0 Å². The Hall–Kier alpha value is -1.15. The molecular weight excluding hydrogens is 272 g/mol. The summed E-state index contributed by atoms with van der Waals surface area (Å²) in [5.41, 5.74) is 1.24. The minimum Gasteiger partial charge on any atom is -0.374 e. The highest BCUT2D eigenvalue weighted by Gasteiger charge is 2.31. The van der Waals surface area contributed by atoms with Crippen LogP contribution >= 0.6 is 0 Å². The van der Waals surface area contributed by atoms with Crippen LogP contribution in [-0.2, 0) is 16.1 Å². The van der Waals surface area contributed by atoms with E-state index in [1.165, 1.54) is 24.8 Å². The SMILES string of the molecule is O=C(C1CCCCC1)C1CCC(OCc2ccccc2)CC1. The van der Waals surface area contributed by atoms with Crippen molar-refractivity contribution in [2.45, 2.75) is 70.5 Å². The molecule has 120 valence electrons. The summed E-state index contributed by atoms with van der Waals surface area (Å²) in [4.78, 5) is 12.6. The highest BCUT2D eigenvalue weighted by Crippen LogP contribution is 2.33. The Morgan fingerprint density at radius 2 is 1.50 bits per heavy atom. The second kappa shape index (κ2) is 7.92. The van der Waals surface area contributed by atoms with Gasteiger partial charge in [0, 0.05) is 11.8 Å². The highest BCUT2D eigenvalue weighted by atomic mass is 16.5. The van der Waals surface area contributed by atoms with Crippen molar-refractivity contribution in [2.75, 3.05) is 0 Å². The topological polar surface area (TPSA) is 26.3 Å². The third kappa shape index (κ3) is 4.19. The number of carbonyl (C=O) groups excluding carboxylic acids is 1. The molecule has 0 amide bonds. The van der Waals surface area contributed by atoms with Crippen molar-refractivity contribution >= 4 is 5.78 Å². The van der Waals surface area contributed by atoms with Crippen LogP contribution < -0.4 is 0 Å². The first kappa shape index (κ1) is 15.7. The van der Waals surface area contributed by atoms with Crippen LogP contribution in [0.5, 0.6) is 0 Å². The first-order valence-corrected chi connectivity index (χ1v) is 9.02. The minimum atomic E-state index is 0.319. The van der Waals surface area contributed by atoms with Crippen LogP contribution in [0.15, 0.2) is 30.3 Å². The predicted molar refractivity (Wildman–Crippen MR) is 88.6 cm³/mol. The normalized spacial score (nSPS) is 26.7. The maximum absolute atomic E-state index is 12.6. The molecule has 0 bridgehead atoms. The molecule has 2 fully saturated rings. The summed E-state index contributed by atoms with van der Waals surface area (Å²) in [6.45, 7) is 0.701. The Kier molecular flexibility index (Phi) is 5.66. The van der Waals surface area contributed by atoms with Crippen LogP contribution in [0.3, 0.4) is 0 Å². The maximum Gasteiger partial charge on any atom is 0.139 e. The van der Waals surface area contributed by atoms with Crippen LogP contribution in [0.2, 0.25) is 0 Å². The molecule has 1 aromatic rings. The summed E-state index contributed by atoms with van der Waals surface area (Å²) in [5.74, 6) is 1.27. The van der Waals surface area contributed by atoms with E-state index in [1.807, 2.05) is 6.07 Å². The van der Waals surface area contributed by atoms with Crippen molar-refractivity contribution < 1.29 is 9.53 Å². The van der Waals surface area contributed by atoms with Gasteiger partial charge in [0.1, 0.15) is 5.78 Å². The number of hydrogen-bond donors (Lipinski definition) is 0. The molecule has 22 heavy (non-hydrogen) atoms. The van der Waals surface area contributed by atoms with E-state index in [9.17, 15) is 4.79 Å². The molecule has 0 spiro atoms. The average Bonchev–Trinajstić information content (AvgIpc) is 2.61. The minimum absolute atomic E-state index is 0.319. The Labute approximate surface area is 134 Å². The second-order valence-electron chi connectivity index (χ2n) is 7.01. The Bertz CT molecular complexity index is 454. The zero-order chi connectivity index (χ0) is 15.2. The van der Waals surface area contributed by atoms with Crippen LogP contribution in [0.1, 0.15) is 63.4 Å². The lowest BCUT2D eigenvalue weighted by molar-refractivity contribution is -0.129. The molecule has 0 heterocycles. The van der Waals surface area contributed by atoms with E-state index in [2.05, 4.69) is 24.3 Å². The van der Waals surface area contributed by atoms with Gasteiger partial charge in [-0.1, -0.05) is 49.6 Å². The van der Waals surface area contributed by atoms with Gasteiger partial charge in [-0.15, -0.1) is 0 Å². The third-order valence-corrected chi connectivity index (χ3v) is 5.41. The van der Waals surface area contributed by atoms with E-state index in [1.54, 1.807) is 0 Å². The standard InChI is InChI=1S/C20H28O2/c21-20(17-9-5-2-6-10-17)18-11-13-19(14-12-18)22-15-16-7-3-1-4-8-16/h1,3-4,7-8,17-19H,2,5-6,9-15H2. The van der Waals surface area contributed by atoms with Crippen LogP contribution in [-0.4, -0.2) is 11.9 Å². The number of carbonyl (C=O) groups is 1. The van der Waals surface area contributed by atoms with Crippen LogP contribution in [0, 0.1) is 11.8 Å². The summed E-state index contributed by atoms with van der Waals surface area (Å²) in [5, 5.41) is 0. The molecule has 0 aromatic heterocycles. The van der Waals surface area contributed by atoms with Gasteiger partial charge < -0.3 is 4.74 Å². The van der Waals surface area contributed by atoms with Gasteiger partial charge in [0.25, 0.3) is 0 Å². The maximum atomic E-state index is 12.6. The molecule has 0 unspecified atom stereocenters. The Balaban J connectivity index is 1.41. The Morgan fingerprint density at radius 1 is 0.864 bits per heavy atom. The summed E-state index contributed by atoms with van der Waals surface area (Å²) >= 11 is 0. The van der Waals surface area contributed by atoms with E-state index in [0.717, 1.165) is 38.5 Å². The molecule has 2 aliphatic rings. The van der Waals surface area contributed by atoms with Crippen molar-refractivity contribution in [3.8, 4) is 0 Å². The van der Waals surface area contributed by atoms with Crippen molar-refractivity contribution in [1.82, 2.24) is 0 Å². The number of rotatable bonds is 5. The number of ether oxygens (including phenoxy) is 1. The fraction of sp³-hybridized carbons (Fsp3) is 0.650. The molecule has 0 atom stereocenters. The van der Waals surface area contributed by atoms with E-state index in [4.69, 9.17) is 4.74 Å². The van der Waals surface area contributed by atoms with Crippen molar-refractivity contribution in [2.24, 2.45) is 11.8 Å². The molecule has 0 saturated heterocycles. The first-order chi connectivity index (χ1) is 10.8. The number of ketones is 1. The summed E-state index contributed by atoms with van der Waals surface area (Å²) < 4.78 is 6.03. The average molecular weight is 300 g/mol. The molecule has 2 heteroatoms. The van der Waals surface area contributed by atoms with E-state index in [0.29, 0.717) is 30.3 Å². The largest absolute Gasteiger partial charge is 0.374 e. The van der Waals surface area contributed by atoms with Crippen LogP contribution in [0.4, 0.5) is 0 Å². The lowest BCUT2D eigenvalue weighted by atomic mass is 9.76. The van der Waals surface area contributed by atoms with Gasteiger partial charge in [-0.2, -0.15) is 0 Å². The van der Waals surface area contributed by atoms with Gasteiger partial charge in [-0.3, -0.25) is 4.79 Å². The molecule has 2 saturated carbocycles. The van der Waals surface area contributed by atoms with E-state index >= 15 is 0 Å². The lowest BCUT2D eigenvalue weighted by Gasteiger charge is -2.31. The molecule has 2 nitrogen and oxygen atoms in total. The van der Waals surface area contributed by atoms with Gasteiger partial charge in [0.15, 0.2) is 0 Å². The number of benzene rings is 1. The fourth-order valence-electron chi connectivity index (χ4n) is 4.02. The van der Waals surface area contributed by atoms with Gasteiger partial charge in [-0.25, -0.2) is 0 Å². The summed E-state index contributed by atoms with van der Waals surface area (Å²) in [7, 11) is 0. The smallest absolute Gasteiger partial charge is 0.139 e. The molecule has 1 aromatic carbocycles. The van der Waals surface area contributed by atoms with Crippen molar-refractivity contribution in [1.29, 1.82) is 0 Å². The molecule has 2 aliphatic carbocycles. The Morgan fingerprint density at radius 3 is 2.18 bits per heavy atom. The quantitative estimate of drug-likeness (QED) is 0.772. The zero-order valence-corrected chi connectivity index (χ0v) is 13.5. The predicted octanol–water partition coefficient (Wildman–Crippen LogP) is 4.91. The van der Waals surface area contributed by atoms with Crippen LogP contribution in [0.25, 0.3) is 0 Å². The van der Waals surface area contributed by atoms with Gasteiger partial charge in [0.05, 0.1) is 12.7 Å². The fourth-order valence-corrected chi connectivity index (χ4v) is 4.02. The summed E-state index contributed by atoms with van der Waals surface area (Å²) in [6.07, 6.45) is 10.6. The second-order valence-corrected chi connectivity index (χ2v) is 7.01. The molecule has 3 rings (SSSR count). The lowest BCUT2D eigenvalue weighted by Crippen LogP contribution is -2.31. The van der Waals surface area contributed by atoms with E-state index < -0.39 is 0 Å². The molecular formula is C20H28O2. The van der Waals surface area contributed by atoms with Gasteiger partial charge >= 0.3 is 0 Å². The molecule has 0 N–H and O–H groups in total. The van der Waals surface area contributed by atoms with E-state index in [-0.39, 0.29) is 0 Å². The highest BCUT2D eigenvalue weighted by molar-refractivity contribution is 5.83. The van der Waals surface area contributed by atoms with Gasteiger partial charge in [-0.05, 0) is 44.1 Å². The van der Waals surface area contributed by atoms with Crippen molar-refractivity contribution in [3.05, 3.63) is 35.9 Å². The van der Waals surface area contributed by atoms with Crippen molar-refractivity contribution in [3.63, 3.8) is 0 Å². The first-order valence-electron chi connectivity index (χ1n) is 9.02.